The highest BCUT2D eigenvalue weighted by molar-refractivity contribution is 7.93. The number of halogens is 1. The molecule has 0 saturated heterocycles. The third kappa shape index (κ3) is 2.49. The van der Waals surface area contributed by atoms with Gasteiger partial charge in [0.1, 0.15) is 5.82 Å². The average molecular weight is 242 g/mol. The molecular weight excluding hydrogens is 231 g/mol. The fraction of sp³-hybridized carbons (Fsp3) is 0.300. The number of sulfonamides is 1. The van der Waals surface area contributed by atoms with Crippen molar-refractivity contribution in [2.45, 2.75) is 6.92 Å². The van der Waals surface area contributed by atoms with Crippen molar-refractivity contribution in [2.24, 2.45) is 0 Å². The number of hydrogen-bond donors (Lipinski definition) is 0. The molecule has 0 spiro atoms. The summed E-state index contributed by atoms with van der Waals surface area (Å²) in [6.45, 7) is 1.67. The fourth-order valence-electron chi connectivity index (χ4n) is 1.33. The summed E-state index contributed by atoms with van der Waals surface area (Å²) >= 11 is 0. The van der Waals surface area contributed by atoms with Gasteiger partial charge < -0.3 is 0 Å². The minimum atomic E-state index is -3.77. The Morgan fingerprint density at radius 2 is 2.06 bits per heavy atom. The summed E-state index contributed by atoms with van der Waals surface area (Å²) in [7, 11) is -3.77. The number of benzene rings is 1. The monoisotopic (exact) mass is 242 g/mol. The lowest BCUT2D eigenvalue weighted by Gasteiger charge is -2.21. The van der Waals surface area contributed by atoms with Gasteiger partial charge in [0.2, 0.25) is 10.0 Å². The van der Waals surface area contributed by atoms with Crippen molar-refractivity contribution in [2.75, 3.05) is 16.6 Å². The van der Waals surface area contributed by atoms with Gasteiger partial charge >= 0.3 is 0 Å². The summed E-state index contributed by atoms with van der Waals surface area (Å²) < 4.78 is 37.6. The first-order valence-corrected chi connectivity index (χ1v) is 6.25. The van der Waals surface area contributed by atoms with Crippen LogP contribution in [0.3, 0.4) is 0 Å². The SMILES string of the molecule is CCN(c1ccccc1F)S(=O)(=O)CC#N. The molecule has 0 radical (unpaired) electrons. The molecule has 4 nitrogen and oxygen atoms in total. The van der Waals surface area contributed by atoms with Gasteiger partial charge in [-0.3, -0.25) is 4.31 Å². The molecule has 86 valence electrons. The van der Waals surface area contributed by atoms with Gasteiger partial charge in [0, 0.05) is 6.54 Å². The van der Waals surface area contributed by atoms with Gasteiger partial charge in [-0.1, -0.05) is 12.1 Å². The van der Waals surface area contributed by atoms with Gasteiger partial charge in [0.25, 0.3) is 0 Å². The largest absolute Gasteiger partial charge is 0.267 e. The maximum absolute atomic E-state index is 13.4. The quantitative estimate of drug-likeness (QED) is 0.804. The normalized spacial score (nSPS) is 10.8. The topological polar surface area (TPSA) is 61.2 Å². The van der Waals surface area contributed by atoms with E-state index in [0.717, 1.165) is 4.31 Å². The first-order chi connectivity index (χ1) is 7.53. The molecule has 0 fully saturated rings. The van der Waals surface area contributed by atoms with Crippen LogP contribution in [0.15, 0.2) is 24.3 Å². The molecule has 0 aliphatic rings. The van der Waals surface area contributed by atoms with Crippen LogP contribution >= 0.6 is 0 Å². The Bertz CT molecular complexity index is 508. The summed E-state index contributed by atoms with van der Waals surface area (Å²) in [6.07, 6.45) is 0. The predicted octanol–water partition coefficient (Wildman–Crippen LogP) is 1.51. The van der Waals surface area contributed by atoms with E-state index in [1.165, 1.54) is 18.2 Å². The van der Waals surface area contributed by atoms with Crippen LogP contribution in [0, 0.1) is 17.1 Å². The molecule has 16 heavy (non-hydrogen) atoms. The second kappa shape index (κ2) is 4.94. The Balaban J connectivity index is 3.20. The highest BCUT2D eigenvalue weighted by Crippen LogP contribution is 2.21. The Morgan fingerprint density at radius 3 is 2.56 bits per heavy atom. The van der Waals surface area contributed by atoms with Crippen LogP contribution in [-0.2, 0) is 10.0 Å². The lowest BCUT2D eigenvalue weighted by atomic mass is 10.3. The lowest BCUT2D eigenvalue weighted by molar-refractivity contribution is 0.589. The molecule has 0 bridgehead atoms. The van der Waals surface area contributed by atoms with Gasteiger partial charge in [-0.25, -0.2) is 12.8 Å². The molecule has 1 rings (SSSR count). The highest BCUT2D eigenvalue weighted by Gasteiger charge is 2.22. The Kier molecular flexibility index (Phi) is 3.85. The number of hydrogen-bond acceptors (Lipinski definition) is 3. The van der Waals surface area contributed by atoms with Crippen molar-refractivity contribution < 1.29 is 12.8 Å². The molecule has 0 unspecified atom stereocenters. The molecule has 0 aliphatic carbocycles. The molecule has 1 aromatic rings. The van der Waals surface area contributed by atoms with Gasteiger partial charge in [-0.15, -0.1) is 0 Å². The summed E-state index contributed by atoms with van der Waals surface area (Å²) in [5, 5.41) is 8.41. The summed E-state index contributed by atoms with van der Waals surface area (Å²) in [5.41, 5.74) is -0.0275. The molecule has 0 aromatic heterocycles. The van der Waals surface area contributed by atoms with E-state index in [2.05, 4.69) is 0 Å². The van der Waals surface area contributed by atoms with Gasteiger partial charge in [-0.2, -0.15) is 5.26 Å². The average Bonchev–Trinajstić information content (AvgIpc) is 2.21. The number of anilines is 1. The van der Waals surface area contributed by atoms with Crippen molar-refractivity contribution >= 4 is 15.7 Å². The van der Waals surface area contributed by atoms with Crippen molar-refractivity contribution in [1.82, 2.24) is 0 Å². The van der Waals surface area contributed by atoms with E-state index in [9.17, 15) is 12.8 Å². The van der Waals surface area contributed by atoms with Crippen molar-refractivity contribution in [1.29, 1.82) is 5.26 Å². The van der Waals surface area contributed by atoms with Crippen LogP contribution < -0.4 is 4.31 Å². The zero-order valence-corrected chi connectivity index (χ0v) is 9.54. The first kappa shape index (κ1) is 12.5. The molecule has 6 heteroatoms. The Labute approximate surface area is 94.0 Å². The van der Waals surface area contributed by atoms with Crippen LogP contribution in [0.4, 0.5) is 10.1 Å². The molecule has 0 atom stereocenters. The number of para-hydroxylation sites is 1. The Hall–Kier alpha value is -1.61. The minimum Gasteiger partial charge on any atom is -0.267 e. The summed E-state index contributed by atoms with van der Waals surface area (Å²) in [4.78, 5) is 0. The summed E-state index contributed by atoms with van der Waals surface area (Å²) in [6, 6.07) is 7.13. The van der Waals surface area contributed by atoms with Gasteiger partial charge in [0.15, 0.2) is 5.75 Å². The molecule has 0 N–H and O–H groups in total. The smallest absolute Gasteiger partial charge is 0.248 e. The molecule has 0 amide bonds. The second-order valence-electron chi connectivity index (χ2n) is 3.03. The molecular formula is C10H11FN2O2S. The van der Waals surface area contributed by atoms with E-state index in [-0.39, 0.29) is 12.2 Å². The van der Waals surface area contributed by atoms with Gasteiger partial charge in [0.05, 0.1) is 11.8 Å². The maximum atomic E-state index is 13.4. The van der Waals surface area contributed by atoms with E-state index in [0.29, 0.717) is 0 Å². The van der Waals surface area contributed by atoms with E-state index < -0.39 is 21.6 Å². The standard InChI is InChI=1S/C10H11FN2O2S/c1-2-13(16(14,15)8-7-12)10-6-4-3-5-9(10)11/h3-6H,2,8H2,1H3. The van der Waals surface area contributed by atoms with Crippen LogP contribution in [0.1, 0.15) is 6.92 Å². The number of rotatable bonds is 4. The predicted molar refractivity (Wildman–Crippen MR) is 58.8 cm³/mol. The Morgan fingerprint density at radius 1 is 1.44 bits per heavy atom. The molecule has 0 aliphatic heterocycles. The third-order valence-corrected chi connectivity index (χ3v) is 3.61. The second-order valence-corrected chi connectivity index (χ2v) is 4.92. The number of nitriles is 1. The van der Waals surface area contributed by atoms with Crippen molar-refractivity contribution in [3.05, 3.63) is 30.1 Å². The van der Waals surface area contributed by atoms with Crippen LogP contribution in [0.25, 0.3) is 0 Å². The summed E-state index contributed by atoms with van der Waals surface area (Å²) in [5.74, 6) is -1.28. The van der Waals surface area contributed by atoms with E-state index in [1.54, 1.807) is 19.1 Å². The van der Waals surface area contributed by atoms with E-state index in [4.69, 9.17) is 5.26 Å². The van der Waals surface area contributed by atoms with E-state index in [1.807, 2.05) is 0 Å². The van der Waals surface area contributed by atoms with E-state index >= 15 is 0 Å². The molecule has 1 aromatic carbocycles. The third-order valence-electron chi connectivity index (χ3n) is 1.99. The fourth-order valence-corrected chi connectivity index (χ4v) is 2.49. The van der Waals surface area contributed by atoms with Gasteiger partial charge in [-0.05, 0) is 19.1 Å². The highest BCUT2D eigenvalue weighted by atomic mass is 32.2. The number of nitrogens with zero attached hydrogens (tertiary/aromatic N) is 2. The molecule has 0 heterocycles. The van der Waals surface area contributed by atoms with Crippen LogP contribution in [0.5, 0.6) is 0 Å². The zero-order chi connectivity index (χ0) is 12.2. The van der Waals surface area contributed by atoms with Crippen molar-refractivity contribution in [3.8, 4) is 6.07 Å². The van der Waals surface area contributed by atoms with Crippen LogP contribution in [-0.4, -0.2) is 20.7 Å². The zero-order valence-electron chi connectivity index (χ0n) is 8.72. The van der Waals surface area contributed by atoms with Crippen molar-refractivity contribution in [3.63, 3.8) is 0 Å². The van der Waals surface area contributed by atoms with Crippen LogP contribution in [0.2, 0.25) is 0 Å². The lowest BCUT2D eigenvalue weighted by Crippen LogP contribution is -2.33. The maximum Gasteiger partial charge on any atom is 0.248 e. The first-order valence-electron chi connectivity index (χ1n) is 4.65. The minimum absolute atomic E-state index is 0.0275. The molecule has 0 saturated carbocycles.